The van der Waals surface area contributed by atoms with Crippen molar-refractivity contribution in [1.82, 2.24) is 0 Å². The number of nitrogens with zero attached hydrogens (tertiary/aromatic N) is 1. The van der Waals surface area contributed by atoms with Gasteiger partial charge in [0.2, 0.25) is 5.90 Å². The molecule has 0 fully saturated rings. The molecule has 0 bridgehead atoms. The molecular formula is C26H23NO4. The molecule has 1 aliphatic heterocycles. The fourth-order valence-electron chi connectivity index (χ4n) is 3.14. The number of ether oxygens (including phenoxy) is 3. The minimum atomic E-state index is -0.466. The van der Waals surface area contributed by atoms with Crippen molar-refractivity contribution in [3.8, 4) is 11.5 Å². The SMILES string of the molecule is Cc1ccc(C)c(OCCOc2cccc(C=C3N=C(c4ccccc4)OC3=O)c2)c1. The Balaban J connectivity index is 1.38. The molecular weight excluding hydrogens is 390 g/mol. The molecule has 0 spiro atoms. The van der Waals surface area contributed by atoms with Crippen LogP contribution in [0.1, 0.15) is 22.3 Å². The molecule has 3 aromatic carbocycles. The summed E-state index contributed by atoms with van der Waals surface area (Å²) in [5, 5.41) is 0. The van der Waals surface area contributed by atoms with Gasteiger partial charge in [0, 0.05) is 5.56 Å². The average Bonchev–Trinajstić information content (AvgIpc) is 3.14. The molecule has 5 heteroatoms. The summed E-state index contributed by atoms with van der Waals surface area (Å²) in [5.74, 6) is 1.41. The van der Waals surface area contributed by atoms with Gasteiger partial charge in [-0.05, 0) is 66.9 Å². The molecule has 156 valence electrons. The monoisotopic (exact) mass is 413 g/mol. The molecule has 0 radical (unpaired) electrons. The number of carbonyl (C=O) groups is 1. The van der Waals surface area contributed by atoms with E-state index in [0.29, 0.717) is 24.9 Å². The lowest BCUT2D eigenvalue weighted by molar-refractivity contribution is -0.129. The van der Waals surface area contributed by atoms with Gasteiger partial charge in [0.15, 0.2) is 5.70 Å². The second-order valence-corrected chi connectivity index (χ2v) is 7.24. The molecule has 0 amide bonds. The van der Waals surface area contributed by atoms with Crippen LogP contribution in [-0.4, -0.2) is 25.1 Å². The fourth-order valence-corrected chi connectivity index (χ4v) is 3.14. The molecule has 3 aromatic rings. The number of aryl methyl sites for hydroxylation is 2. The Morgan fingerprint density at radius 3 is 2.55 bits per heavy atom. The lowest BCUT2D eigenvalue weighted by Gasteiger charge is -2.11. The standard InChI is InChI=1S/C26H23NO4/c1-18-11-12-19(2)24(15-18)30-14-13-29-22-10-6-7-20(16-22)17-23-26(28)31-25(27-23)21-8-4-3-5-9-21/h3-12,15-17H,13-14H2,1-2H3. The minimum absolute atomic E-state index is 0.259. The van der Waals surface area contributed by atoms with Gasteiger partial charge in [-0.25, -0.2) is 9.79 Å². The maximum absolute atomic E-state index is 12.2. The Bertz CT molecular complexity index is 1150. The van der Waals surface area contributed by atoms with Gasteiger partial charge < -0.3 is 14.2 Å². The fraction of sp³-hybridized carbons (Fsp3) is 0.154. The van der Waals surface area contributed by atoms with E-state index in [2.05, 4.69) is 11.1 Å². The van der Waals surface area contributed by atoms with E-state index in [0.717, 1.165) is 28.0 Å². The Hall–Kier alpha value is -3.86. The third kappa shape index (κ3) is 5.20. The predicted molar refractivity (Wildman–Crippen MR) is 120 cm³/mol. The Morgan fingerprint density at radius 1 is 0.903 bits per heavy atom. The van der Waals surface area contributed by atoms with Crippen LogP contribution in [0.4, 0.5) is 0 Å². The van der Waals surface area contributed by atoms with Gasteiger partial charge >= 0.3 is 5.97 Å². The Kier molecular flexibility index (Phi) is 6.13. The Morgan fingerprint density at radius 2 is 1.71 bits per heavy atom. The number of cyclic esters (lactones) is 1. The summed E-state index contributed by atoms with van der Waals surface area (Å²) in [4.78, 5) is 16.5. The zero-order valence-corrected chi connectivity index (χ0v) is 17.5. The first-order chi connectivity index (χ1) is 15.1. The van der Waals surface area contributed by atoms with Crippen molar-refractivity contribution in [2.45, 2.75) is 13.8 Å². The lowest BCUT2D eigenvalue weighted by Crippen LogP contribution is -2.09. The van der Waals surface area contributed by atoms with E-state index in [1.807, 2.05) is 80.6 Å². The highest BCUT2D eigenvalue weighted by molar-refractivity contribution is 6.12. The summed E-state index contributed by atoms with van der Waals surface area (Å²) in [6, 6.07) is 23.0. The van der Waals surface area contributed by atoms with E-state index in [9.17, 15) is 4.79 Å². The summed E-state index contributed by atoms with van der Waals surface area (Å²) >= 11 is 0. The maximum atomic E-state index is 12.2. The van der Waals surface area contributed by atoms with E-state index in [1.165, 1.54) is 0 Å². The molecule has 1 heterocycles. The van der Waals surface area contributed by atoms with Crippen molar-refractivity contribution in [2.24, 2.45) is 4.99 Å². The molecule has 0 unspecified atom stereocenters. The molecule has 1 aliphatic rings. The number of benzene rings is 3. The van der Waals surface area contributed by atoms with Crippen LogP contribution in [0.2, 0.25) is 0 Å². The number of rotatable bonds is 7. The number of hydrogen-bond acceptors (Lipinski definition) is 5. The molecule has 5 nitrogen and oxygen atoms in total. The van der Waals surface area contributed by atoms with Gasteiger partial charge in [-0.3, -0.25) is 0 Å². The third-order valence-electron chi connectivity index (χ3n) is 4.76. The van der Waals surface area contributed by atoms with E-state index >= 15 is 0 Å². The summed E-state index contributed by atoms with van der Waals surface area (Å²) in [6.45, 7) is 4.90. The maximum Gasteiger partial charge on any atom is 0.363 e. The first kappa shape index (κ1) is 20.4. The van der Waals surface area contributed by atoms with Crippen molar-refractivity contribution in [3.05, 3.63) is 101 Å². The second kappa shape index (κ2) is 9.30. The van der Waals surface area contributed by atoms with Crippen LogP contribution in [0.3, 0.4) is 0 Å². The number of hydrogen-bond donors (Lipinski definition) is 0. The largest absolute Gasteiger partial charge is 0.490 e. The molecule has 4 rings (SSSR count). The quantitative estimate of drug-likeness (QED) is 0.307. The molecule has 0 saturated heterocycles. The van der Waals surface area contributed by atoms with E-state index in [1.54, 1.807) is 6.08 Å². The van der Waals surface area contributed by atoms with Crippen molar-refractivity contribution in [3.63, 3.8) is 0 Å². The van der Waals surface area contributed by atoms with Crippen molar-refractivity contribution < 1.29 is 19.0 Å². The van der Waals surface area contributed by atoms with Crippen LogP contribution >= 0.6 is 0 Å². The van der Waals surface area contributed by atoms with Gasteiger partial charge in [0.05, 0.1) is 0 Å². The lowest BCUT2D eigenvalue weighted by atomic mass is 10.1. The summed E-state index contributed by atoms with van der Waals surface area (Å²) in [6.07, 6.45) is 1.69. The number of esters is 1. The van der Waals surface area contributed by atoms with Gasteiger partial charge in [0.1, 0.15) is 24.7 Å². The Labute approximate surface area is 181 Å². The smallest absolute Gasteiger partial charge is 0.363 e. The molecule has 0 N–H and O–H groups in total. The molecule has 0 aliphatic carbocycles. The zero-order valence-electron chi connectivity index (χ0n) is 17.5. The van der Waals surface area contributed by atoms with Gasteiger partial charge in [0.25, 0.3) is 0 Å². The van der Waals surface area contributed by atoms with Crippen LogP contribution in [0.25, 0.3) is 6.08 Å². The zero-order chi connectivity index (χ0) is 21.6. The molecule has 0 aromatic heterocycles. The topological polar surface area (TPSA) is 57.1 Å². The van der Waals surface area contributed by atoms with Crippen LogP contribution in [0.5, 0.6) is 11.5 Å². The first-order valence-electron chi connectivity index (χ1n) is 10.1. The van der Waals surface area contributed by atoms with Crippen molar-refractivity contribution >= 4 is 17.9 Å². The van der Waals surface area contributed by atoms with Crippen LogP contribution < -0.4 is 9.47 Å². The molecule has 0 saturated carbocycles. The highest BCUT2D eigenvalue weighted by Crippen LogP contribution is 2.22. The average molecular weight is 413 g/mol. The highest BCUT2D eigenvalue weighted by atomic mass is 16.6. The van der Waals surface area contributed by atoms with Crippen LogP contribution in [0, 0.1) is 13.8 Å². The van der Waals surface area contributed by atoms with Gasteiger partial charge in [-0.15, -0.1) is 0 Å². The minimum Gasteiger partial charge on any atom is -0.490 e. The number of carbonyl (C=O) groups excluding carboxylic acids is 1. The summed E-state index contributed by atoms with van der Waals surface area (Å²) in [5.41, 5.74) is 4.08. The predicted octanol–water partition coefficient (Wildman–Crippen LogP) is 5.11. The summed E-state index contributed by atoms with van der Waals surface area (Å²) in [7, 11) is 0. The third-order valence-corrected chi connectivity index (χ3v) is 4.76. The van der Waals surface area contributed by atoms with Crippen LogP contribution in [0.15, 0.2) is 83.5 Å². The second-order valence-electron chi connectivity index (χ2n) is 7.24. The van der Waals surface area contributed by atoms with Gasteiger partial charge in [-0.2, -0.15) is 0 Å². The van der Waals surface area contributed by atoms with Gasteiger partial charge in [-0.1, -0.05) is 42.5 Å². The number of aliphatic imine (C=N–C) groups is 1. The van der Waals surface area contributed by atoms with E-state index in [-0.39, 0.29) is 5.70 Å². The van der Waals surface area contributed by atoms with E-state index in [4.69, 9.17) is 14.2 Å². The van der Waals surface area contributed by atoms with Crippen molar-refractivity contribution in [2.75, 3.05) is 13.2 Å². The van der Waals surface area contributed by atoms with Crippen molar-refractivity contribution in [1.29, 1.82) is 0 Å². The van der Waals surface area contributed by atoms with Crippen LogP contribution in [-0.2, 0) is 9.53 Å². The normalized spacial score (nSPS) is 14.3. The first-order valence-corrected chi connectivity index (χ1v) is 10.1. The summed E-state index contributed by atoms with van der Waals surface area (Å²) < 4.78 is 16.9. The molecule has 0 atom stereocenters. The molecule has 31 heavy (non-hydrogen) atoms. The highest BCUT2D eigenvalue weighted by Gasteiger charge is 2.23. The van der Waals surface area contributed by atoms with E-state index < -0.39 is 5.97 Å².